The van der Waals surface area contributed by atoms with Gasteiger partial charge in [-0.05, 0) is 43.9 Å². The van der Waals surface area contributed by atoms with Crippen molar-refractivity contribution < 1.29 is 5.11 Å². The molecule has 21 heavy (non-hydrogen) atoms. The van der Waals surface area contributed by atoms with E-state index in [1.807, 2.05) is 18.2 Å². The molecule has 2 rings (SSSR count). The summed E-state index contributed by atoms with van der Waals surface area (Å²) in [5.74, 6) is 0. The maximum absolute atomic E-state index is 9.20. The average Bonchev–Trinajstić information content (AvgIpc) is 3.32. The number of nitrogens with one attached hydrogen (secondary N) is 1. The van der Waals surface area contributed by atoms with Gasteiger partial charge in [-0.15, -0.1) is 0 Å². The minimum atomic E-state index is 0.246. The van der Waals surface area contributed by atoms with Crippen LogP contribution >= 0.6 is 11.6 Å². The maximum atomic E-state index is 9.20. The van der Waals surface area contributed by atoms with Crippen LogP contribution in [0.1, 0.15) is 44.2 Å². The zero-order valence-electron chi connectivity index (χ0n) is 12.9. The molecule has 3 nitrogen and oxygen atoms in total. The van der Waals surface area contributed by atoms with Gasteiger partial charge in [0, 0.05) is 30.2 Å². The summed E-state index contributed by atoms with van der Waals surface area (Å²) >= 11 is 6.36. The van der Waals surface area contributed by atoms with Gasteiger partial charge in [0.1, 0.15) is 0 Å². The molecular formula is C17H27ClN2O. The first-order valence-corrected chi connectivity index (χ1v) is 8.46. The van der Waals surface area contributed by atoms with E-state index in [-0.39, 0.29) is 6.61 Å². The topological polar surface area (TPSA) is 35.5 Å². The fourth-order valence-corrected chi connectivity index (χ4v) is 3.05. The second-order valence-corrected chi connectivity index (χ2v) is 6.21. The normalized spacial score (nSPS) is 16.4. The van der Waals surface area contributed by atoms with Crippen LogP contribution in [-0.4, -0.2) is 42.3 Å². The third-order valence-corrected chi connectivity index (χ3v) is 4.42. The molecule has 1 aliphatic rings. The molecule has 0 heterocycles. The lowest BCUT2D eigenvalue weighted by molar-refractivity contribution is 0.182. The summed E-state index contributed by atoms with van der Waals surface area (Å²) in [6, 6.07) is 9.08. The minimum absolute atomic E-state index is 0.246. The molecule has 1 unspecified atom stereocenters. The van der Waals surface area contributed by atoms with Gasteiger partial charge in [-0.3, -0.25) is 4.90 Å². The van der Waals surface area contributed by atoms with Crippen LogP contribution in [-0.2, 0) is 0 Å². The van der Waals surface area contributed by atoms with E-state index in [4.69, 9.17) is 11.6 Å². The van der Waals surface area contributed by atoms with Crippen molar-refractivity contribution in [3.05, 3.63) is 34.9 Å². The fourth-order valence-electron chi connectivity index (χ4n) is 2.78. The zero-order chi connectivity index (χ0) is 15.1. The summed E-state index contributed by atoms with van der Waals surface area (Å²) in [6.45, 7) is 5.22. The predicted molar refractivity (Wildman–Crippen MR) is 88.8 cm³/mol. The summed E-state index contributed by atoms with van der Waals surface area (Å²) in [5.41, 5.74) is 1.19. The molecule has 0 spiro atoms. The van der Waals surface area contributed by atoms with Crippen molar-refractivity contribution in [2.45, 2.75) is 44.7 Å². The molecule has 0 amide bonds. The van der Waals surface area contributed by atoms with Crippen molar-refractivity contribution in [2.24, 2.45) is 0 Å². The van der Waals surface area contributed by atoms with E-state index < -0.39 is 0 Å². The molecule has 1 saturated carbocycles. The van der Waals surface area contributed by atoms with E-state index >= 15 is 0 Å². The van der Waals surface area contributed by atoms with Gasteiger partial charge < -0.3 is 10.4 Å². The second kappa shape index (κ2) is 8.74. The molecule has 0 bridgehead atoms. The van der Waals surface area contributed by atoms with E-state index in [2.05, 4.69) is 23.2 Å². The molecule has 118 valence electrons. The van der Waals surface area contributed by atoms with Crippen molar-refractivity contribution >= 4 is 11.6 Å². The van der Waals surface area contributed by atoms with Crippen LogP contribution in [0.25, 0.3) is 0 Å². The summed E-state index contributed by atoms with van der Waals surface area (Å²) < 4.78 is 0. The summed E-state index contributed by atoms with van der Waals surface area (Å²) in [5, 5.41) is 13.7. The predicted octanol–water partition coefficient (Wildman–Crippen LogP) is 3.23. The quantitative estimate of drug-likeness (QED) is 0.696. The molecule has 1 aliphatic carbocycles. The van der Waals surface area contributed by atoms with Crippen LogP contribution in [0.4, 0.5) is 0 Å². The Bertz CT molecular complexity index is 423. The van der Waals surface area contributed by atoms with Crippen LogP contribution in [0.5, 0.6) is 0 Å². The van der Waals surface area contributed by atoms with Crippen molar-refractivity contribution in [1.29, 1.82) is 0 Å². The highest BCUT2D eigenvalue weighted by atomic mass is 35.5. The Morgan fingerprint density at radius 3 is 2.71 bits per heavy atom. The number of rotatable bonds is 10. The molecular weight excluding hydrogens is 284 g/mol. The van der Waals surface area contributed by atoms with E-state index in [0.717, 1.165) is 37.5 Å². The smallest absolute Gasteiger partial charge is 0.0558 e. The first-order chi connectivity index (χ1) is 10.3. The van der Waals surface area contributed by atoms with E-state index in [9.17, 15) is 5.11 Å². The lowest BCUT2D eigenvalue weighted by Crippen LogP contribution is -2.33. The number of nitrogens with zero attached hydrogens (tertiary/aromatic N) is 1. The second-order valence-electron chi connectivity index (χ2n) is 5.81. The summed E-state index contributed by atoms with van der Waals surface area (Å²) in [6.07, 6.45) is 4.70. The molecule has 1 aromatic rings. The highest BCUT2D eigenvalue weighted by Gasteiger charge is 2.28. The Morgan fingerprint density at radius 1 is 1.33 bits per heavy atom. The van der Waals surface area contributed by atoms with Crippen LogP contribution in [0.3, 0.4) is 0 Å². The number of aliphatic hydroxyl groups excluding tert-OH is 1. The standard InChI is InChI=1S/C17H27ClN2O/c1-2-10-19-17(15-5-3-4-6-16(15)18)9-11-20(12-13-21)14-7-8-14/h3-6,14,17,19,21H,2,7-13H2,1H3. The maximum Gasteiger partial charge on any atom is 0.0558 e. The van der Waals surface area contributed by atoms with Crippen molar-refractivity contribution in [1.82, 2.24) is 10.2 Å². The molecule has 1 fully saturated rings. The number of hydrogen-bond acceptors (Lipinski definition) is 3. The molecule has 0 aliphatic heterocycles. The van der Waals surface area contributed by atoms with Crippen molar-refractivity contribution in [3.8, 4) is 0 Å². The zero-order valence-corrected chi connectivity index (χ0v) is 13.6. The van der Waals surface area contributed by atoms with E-state index in [1.165, 1.54) is 18.4 Å². The van der Waals surface area contributed by atoms with Crippen LogP contribution in [0.2, 0.25) is 5.02 Å². The first-order valence-electron chi connectivity index (χ1n) is 8.09. The monoisotopic (exact) mass is 310 g/mol. The largest absolute Gasteiger partial charge is 0.395 e. The Labute approximate surface area is 133 Å². The minimum Gasteiger partial charge on any atom is -0.395 e. The van der Waals surface area contributed by atoms with Gasteiger partial charge in [0.15, 0.2) is 0 Å². The number of benzene rings is 1. The molecule has 4 heteroatoms. The molecule has 1 aromatic carbocycles. The van der Waals surface area contributed by atoms with Gasteiger partial charge in [0.2, 0.25) is 0 Å². The summed E-state index contributed by atoms with van der Waals surface area (Å²) in [4.78, 5) is 2.41. The number of aliphatic hydroxyl groups is 1. The molecule has 0 radical (unpaired) electrons. The highest BCUT2D eigenvalue weighted by molar-refractivity contribution is 6.31. The van der Waals surface area contributed by atoms with Crippen molar-refractivity contribution in [2.75, 3.05) is 26.2 Å². The lowest BCUT2D eigenvalue weighted by atomic mass is 10.0. The molecule has 0 aromatic heterocycles. The SMILES string of the molecule is CCCNC(CCN(CCO)C1CC1)c1ccccc1Cl. The first kappa shape index (κ1) is 16.8. The lowest BCUT2D eigenvalue weighted by Gasteiger charge is -2.26. The Hall–Kier alpha value is -0.610. The Kier molecular flexibility index (Phi) is 6.97. The van der Waals surface area contributed by atoms with Crippen LogP contribution in [0, 0.1) is 0 Å². The molecule has 2 N–H and O–H groups in total. The highest BCUT2D eigenvalue weighted by Crippen LogP contribution is 2.29. The number of hydrogen-bond donors (Lipinski definition) is 2. The van der Waals surface area contributed by atoms with Crippen LogP contribution in [0.15, 0.2) is 24.3 Å². The van der Waals surface area contributed by atoms with Crippen molar-refractivity contribution in [3.63, 3.8) is 0 Å². The van der Waals surface area contributed by atoms with Gasteiger partial charge >= 0.3 is 0 Å². The average molecular weight is 311 g/mol. The number of halogens is 1. The fraction of sp³-hybridized carbons (Fsp3) is 0.647. The molecule has 0 saturated heterocycles. The van der Waals surface area contributed by atoms with Crippen LogP contribution < -0.4 is 5.32 Å². The third kappa shape index (κ3) is 5.26. The van der Waals surface area contributed by atoms with Gasteiger partial charge in [0.25, 0.3) is 0 Å². The van der Waals surface area contributed by atoms with Gasteiger partial charge in [-0.1, -0.05) is 36.7 Å². The van der Waals surface area contributed by atoms with Gasteiger partial charge in [-0.2, -0.15) is 0 Å². The summed E-state index contributed by atoms with van der Waals surface area (Å²) in [7, 11) is 0. The van der Waals surface area contributed by atoms with Gasteiger partial charge in [-0.25, -0.2) is 0 Å². The Balaban J connectivity index is 1.97. The van der Waals surface area contributed by atoms with E-state index in [0.29, 0.717) is 12.1 Å². The van der Waals surface area contributed by atoms with E-state index in [1.54, 1.807) is 0 Å². The van der Waals surface area contributed by atoms with Gasteiger partial charge in [0.05, 0.1) is 6.61 Å². The third-order valence-electron chi connectivity index (χ3n) is 4.08. The molecule has 1 atom stereocenters. The Morgan fingerprint density at radius 2 is 2.10 bits per heavy atom.